The van der Waals surface area contributed by atoms with E-state index in [1.165, 1.54) is 6.07 Å². The van der Waals surface area contributed by atoms with Crippen LogP contribution in [0.25, 0.3) is 0 Å². The Morgan fingerprint density at radius 3 is 2.78 bits per heavy atom. The Balaban J connectivity index is 1.54. The van der Waals surface area contributed by atoms with E-state index in [4.69, 9.17) is 4.74 Å². The van der Waals surface area contributed by atoms with Gasteiger partial charge in [-0.25, -0.2) is 17.6 Å². The molecule has 0 bridgehead atoms. The summed E-state index contributed by atoms with van der Waals surface area (Å²) in [6.07, 6.45) is 1.14. The number of urea groups is 1. The summed E-state index contributed by atoms with van der Waals surface area (Å²) in [7, 11) is -2.92. The van der Waals surface area contributed by atoms with Gasteiger partial charge in [0.05, 0.1) is 18.1 Å². The number of para-hydroxylation sites is 1. The molecule has 1 heterocycles. The van der Waals surface area contributed by atoms with E-state index in [-0.39, 0.29) is 29.2 Å². The number of ether oxygens (including phenoxy) is 1. The van der Waals surface area contributed by atoms with Crippen molar-refractivity contribution in [2.75, 3.05) is 31.2 Å². The highest BCUT2D eigenvalue weighted by Crippen LogP contribution is 2.17. The van der Waals surface area contributed by atoms with E-state index in [0.717, 1.165) is 0 Å². The summed E-state index contributed by atoms with van der Waals surface area (Å²) in [5.41, 5.74) is 0. The van der Waals surface area contributed by atoms with Crippen LogP contribution in [-0.2, 0) is 9.84 Å². The van der Waals surface area contributed by atoms with Crippen LogP contribution in [-0.4, -0.2) is 45.7 Å². The highest BCUT2D eigenvalue weighted by Gasteiger charge is 2.27. The summed E-state index contributed by atoms with van der Waals surface area (Å²) in [5, 5.41) is 5.32. The van der Waals surface area contributed by atoms with Crippen LogP contribution in [0.2, 0.25) is 0 Å². The zero-order valence-corrected chi connectivity index (χ0v) is 13.6. The van der Waals surface area contributed by atoms with Gasteiger partial charge in [0.1, 0.15) is 0 Å². The summed E-state index contributed by atoms with van der Waals surface area (Å²) in [6, 6.07) is 5.81. The largest absolute Gasteiger partial charge is 0.490 e. The number of sulfone groups is 1. The Morgan fingerprint density at radius 1 is 1.30 bits per heavy atom. The molecule has 0 radical (unpaired) electrons. The second-order valence-corrected chi connectivity index (χ2v) is 7.77. The fraction of sp³-hybridized carbons (Fsp3) is 0.533. The normalized spacial score (nSPS) is 19.3. The van der Waals surface area contributed by atoms with Gasteiger partial charge in [-0.05, 0) is 30.9 Å². The molecule has 1 aliphatic rings. The van der Waals surface area contributed by atoms with Crippen molar-refractivity contribution in [3.63, 3.8) is 0 Å². The van der Waals surface area contributed by atoms with Crippen molar-refractivity contribution in [1.29, 1.82) is 0 Å². The zero-order valence-electron chi connectivity index (χ0n) is 12.8. The summed E-state index contributed by atoms with van der Waals surface area (Å²) in [4.78, 5) is 11.6. The predicted octanol–water partition coefficient (Wildman–Crippen LogP) is 1.33. The standard InChI is InChI=1S/C15H21FN2O4S/c16-13-4-1-2-5-14(13)22-8-3-7-17-15(19)18-10-12-6-9-23(20,21)11-12/h1-2,4-5,12H,3,6-11H2,(H2,17,18,19). The zero-order chi connectivity index (χ0) is 16.7. The molecule has 1 aliphatic heterocycles. The van der Waals surface area contributed by atoms with Crippen molar-refractivity contribution in [3.05, 3.63) is 30.1 Å². The first-order valence-electron chi connectivity index (χ1n) is 7.56. The van der Waals surface area contributed by atoms with Crippen LogP contribution in [0.1, 0.15) is 12.8 Å². The summed E-state index contributed by atoms with van der Waals surface area (Å²) in [5.74, 6) is 0.122. The van der Waals surface area contributed by atoms with Gasteiger partial charge in [0.15, 0.2) is 21.4 Å². The van der Waals surface area contributed by atoms with Crippen LogP contribution in [0, 0.1) is 11.7 Å². The molecule has 0 aliphatic carbocycles. The van der Waals surface area contributed by atoms with Gasteiger partial charge in [0.2, 0.25) is 0 Å². The molecule has 23 heavy (non-hydrogen) atoms. The van der Waals surface area contributed by atoms with Crippen LogP contribution < -0.4 is 15.4 Å². The van der Waals surface area contributed by atoms with Crippen LogP contribution in [0.5, 0.6) is 5.75 Å². The number of benzene rings is 1. The molecule has 0 spiro atoms. The van der Waals surface area contributed by atoms with E-state index in [2.05, 4.69) is 10.6 Å². The average Bonchev–Trinajstić information content (AvgIpc) is 2.86. The van der Waals surface area contributed by atoms with Crippen molar-refractivity contribution >= 4 is 15.9 Å². The number of hydrogen-bond donors (Lipinski definition) is 2. The minimum absolute atomic E-state index is 0.00450. The van der Waals surface area contributed by atoms with Gasteiger partial charge < -0.3 is 15.4 Å². The molecule has 2 rings (SSSR count). The molecule has 0 aromatic heterocycles. The van der Waals surface area contributed by atoms with Gasteiger partial charge in [-0.3, -0.25) is 0 Å². The summed E-state index contributed by atoms with van der Waals surface area (Å²) < 4.78 is 41.2. The number of hydrogen-bond acceptors (Lipinski definition) is 4. The Kier molecular flexibility index (Phi) is 6.20. The minimum atomic E-state index is -2.92. The first kappa shape index (κ1) is 17.5. The van der Waals surface area contributed by atoms with Crippen molar-refractivity contribution in [3.8, 4) is 5.75 Å². The van der Waals surface area contributed by atoms with Gasteiger partial charge in [0.25, 0.3) is 0 Å². The van der Waals surface area contributed by atoms with Gasteiger partial charge in [-0.2, -0.15) is 0 Å². The Labute approximate surface area is 135 Å². The maximum atomic E-state index is 13.3. The second-order valence-electron chi connectivity index (χ2n) is 5.54. The van der Waals surface area contributed by atoms with E-state index in [9.17, 15) is 17.6 Å². The molecule has 6 nitrogen and oxygen atoms in total. The third-order valence-electron chi connectivity index (χ3n) is 3.58. The lowest BCUT2D eigenvalue weighted by atomic mass is 10.1. The van der Waals surface area contributed by atoms with Crippen molar-refractivity contribution < 1.29 is 22.3 Å². The third-order valence-corrected chi connectivity index (χ3v) is 5.42. The molecule has 128 valence electrons. The molecule has 1 saturated heterocycles. The monoisotopic (exact) mass is 344 g/mol. The number of nitrogens with one attached hydrogen (secondary N) is 2. The van der Waals surface area contributed by atoms with Crippen LogP contribution >= 0.6 is 0 Å². The number of halogens is 1. The van der Waals surface area contributed by atoms with E-state index >= 15 is 0 Å². The van der Waals surface area contributed by atoms with Gasteiger partial charge in [0, 0.05) is 13.1 Å². The maximum absolute atomic E-state index is 13.3. The van der Waals surface area contributed by atoms with E-state index in [1.807, 2.05) is 0 Å². The fourth-order valence-electron chi connectivity index (χ4n) is 2.35. The third kappa shape index (κ3) is 6.05. The molecule has 8 heteroatoms. The highest BCUT2D eigenvalue weighted by molar-refractivity contribution is 7.91. The first-order valence-corrected chi connectivity index (χ1v) is 9.38. The lowest BCUT2D eigenvalue weighted by Crippen LogP contribution is -2.39. The number of rotatable bonds is 7. The van der Waals surface area contributed by atoms with E-state index in [0.29, 0.717) is 32.5 Å². The van der Waals surface area contributed by atoms with E-state index < -0.39 is 15.7 Å². The number of amides is 2. The first-order chi connectivity index (χ1) is 11.0. The Hall–Kier alpha value is -1.83. The molecule has 1 atom stereocenters. The van der Waals surface area contributed by atoms with Crippen LogP contribution in [0.15, 0.2) is 24.3 Å². The average molecular weight is 344 g/mol. The molecule has 0 saturated carbocycles. The van der Waals surface area contributed by atoms with Crippen LogP contribution in [0.4, 0.5) is 9.18 Å². The van der Waals surface area contributed by atoms with Crippen molar-refractivity contribution in [2.45, 2.75) is 12.8 Å². The smallest absolute Gasteiger partial charge is 0.314 e. The van der Waals surface area contributed by atoms with Crippen molar-refractivity contribution in [2.24, 2.45) is 5.92 Å². The van der Waals surface area contributed by atoms with Gasteiger partial charge >= 0.3 is 6.03 Å². The summed E-state index contributed by atoms with van der Waals surface area (Å²) >= 11 is 0. The molecular formula is C15H21FN2O4S. The SMILES string of the molecule is O=C(NCCCOc1ccccc1F)NCC1CCS(=O)(=O)C1. The highest BCUT2D eigenvalue weighted by atomic mass is 32.2. The van der Waals surface area contributed by atoms with Gasteiger partial charge in [-0.1, -0.05) is 12.1 Å². The maximum Gasteiger partial charge on any atom is 0.314 e. The number of carbonyl (C=O) groups is 1. The molecule has 1 fully saturated rings. The van der Waals surface area contributed by atoms with Crippen molar-refractivity contribution in [1.82, 2.24) is 10.6 Å². The molecule has 1 aromatic rings. The predicted molar refractivity (Wildman–Crippen MR) is 84.7 cm³/mol. The topological polar surface area (TPSA) is 84.5 Å². The Bertz CT molecular complexity index is 636. The van der Waals surface area contributed by atoms with Gasteiger partial charge in [-0.15, -0.1) is 0 Å². The lowest BCUT2D eigenvalue weighted by molar-refractivity contribution is 0.237. The minimum Gasteiger partial charge on any atom is -0.490 e. The summed E-state index contributed by atoms with van der Waals surface area (Å²) in [6.45, 7) is 1.04. The molecule has 1 aromatic carbocycles. The Morgan fingerprint density at radius 2 is 2.09 bits per heavy atom. The van der Waals surface area contributed by atoms with Crippen LogP contribution in [0.3, 0.4) is 0 Å². The molecule has 1 unspecified atom stereocenters. The molecular weight excluding hydrogens is 323 g/mol. The lowest BCUT2D eigenvalue weighted by Gasteiger charge is -2.11. The van der Waals surface area contributed by atoms with E-state index in [1.54, 1.807) is 18.2 Å². The second kappa shape index (κ2) is 8.14. The molecule has 2 amide bonds. The quantitative estimate of drug-likeness (QED) is 0.731. The fourth-order valence-corrected chi connectivity index (χ4v) is 4.21. The molecule has 2 N–H and O–H groups in total. The number of carbonyl (C=O) groups excluding carboxylic acids is 1.